The van der Waals surface area contributed by atoms with Crippen LogP contribution in [0.4, 0.5) is 0 Å². The van der Waals surface area contributed by atoms with E-state index in [1.165, 1.54) is 44.9 Å². The molecule has 3 nitrogen and oxygen atoms in total. The van der Waals surface area contributed by atoms with E-state index in [1.54, 1.807) is 0 Å². The molecule has 2 aliphatic rings. The molecular weight excluding hydrogens is 240 g/mol. The molecule has 1 aliphatic heterocycles. The predicted octanol–water partition coefficient (Wildman–Crippen LogP) is 3.91. The summed E-state index contributed by atoms with van der Waals surface area (Å²) in [5.41, 5.74) is 0. The molecule has 1 unspecified atom stereocenters. The fourth-order valence-electron chi connectivity index (χ4n) is 2.97. The summed E-state index contributed by atoms with van der Waals surface area (Å²) in [6, 6.07) is 0. The van der Waals surface area contributed by atoms with Crippen LogP contribution in [0.2, 0.25) is 0 Å². The molecule has 1 atom stereocenters. The summed E-state index contributed by atoms with van der Waals surface area (Å²) in [5.74, 6) is 0.834. The Kier molecular flexibility index (Phi) is 7.82. The molecule has 0 amide bonds. The highest BCUT2D eigenvalue weighted by Crippen LogP contribution is 2.23. The normalized spacial score (nSPS) is 25.6. The minimum atomic E-state index is 0.0666. The van der Waals surface area contributed by atoms with Crippen LogP contribution < -0.4 is 0 Å². The number of unbranched alkanes of at least 4 members (excludes halogenated alkanes) is 1. The van der Waals surface area contributed by atoms with Crippen molar-refractivity contribution in [3.63, 3.8) is 0 Å². The zero-order chi connectivity index (χ0) is 13.2. The summed E-state index contributed by atoms with van der Waals surface area (Å²) in [6.07, 6.45) is 12.8. The van der Waals surface area contributed by atoms with Crippen LogP contribution >= 0.6 is 0 Å². The third-order valence-corrected chi connectivity index (χ3v) is 4.20. The lowest BCUT2D eigenvalue weighted by molar-refractivity contribution is -0.163. The molecular formula is C16H30O3. The molecule has 3 heteroatoms. The first-order valence-electron chi connectivity index (χ1n) is 8.26. The number of rotatable bonds is 8. The summed E-state index contributed by atoms with van der Waals surface area (Å²) < 4.78 is 17.0. The molecule has 0 aromatic heterocycles. The largest absolute Gasteiger partial charge is 0.381 e. The van der Waals surface area contributed by atoms with Crippen LogP contribution in [-0.2, 0) is 14.2 Å². The average Bonchev–Trinajstić information content (AvgIpc) is 2.48. The van der Waals surface area contributed by atoms with Crippen LogP contribution in [0.3, 0.4) is 0 Å². The highest BCUT2D eigenvalue weighted by atomic mass is 16.7. The van der Waals surface area contributed by atoms with Crippen LogP contribution in [-0.4, -0.2) is 32.7 Å². The van der Waals surface area contributed by atoms with Crippen molar-refractivity contribution in [3.05, 3.63) is 0 Å². The third kappa shape index (κ3) is 6.73. The van der Waals surface area contributed by atoms with Gasteiger partial charge in [-0.2, -0.15) is 0 Å². The molecule has 112 valence electrons. The summed E-state index contributed by atoms with van der Waals surface area (Å²) >= 11 is 0. The van der Waals surface area contributed by atoms with Gasteiger partial charge in [0.2, 0.25) is 0 Å². The zero-order valence-corrected chi connectivity index (χ0v) is 12.3. The summed E-state index contributed by atoms with van der Waals surface area (Å²) in [5, 5.41) is 0. The second kappa shape index (κ2) is 9.73. The molecule has 1 saturated heterocycles. The van der Waals surface area contributed by atoms with Crippen molar-refractivity contribution >= 4 is 0 Å². The summed E-state index contributed by atoms with van der Waals surface area (Å²) in [4.78, 5) is 0. The van der Waals surface area contributed by atoms with Crippen LogP contribution in [0.5, 0.6) is 0 Å². The number of hydrogen-bond acceptors (Lipinski definition) is 3. The monoisotopic (exact) mass is 270 g/mol. The topological polar surface area (TPSA) is 27.7 Å². The summed E-state index contributed by atoms with van der Waals surface area (Å²) in [7, 11) is 0. The fourth-order valence-corrected chi connectivity index (χ4v) is 2.97. The van der Waals surface area contributed by atoms with Gasteiger partial charge < -0.3 is 14.2 Å². The Morgan fingerprint density at radius 3 is 2.42 bits per heavy atom. The molecule has 0 radical (unpaired) electrons. The first kappa shape index (κ1) is 15.3. The van der Waals surface area contributed by atoms with Gasteiger partial charge in [-0.1, -0.05) is 19.3 Å². The average molecular weight is 270 g/mol. The third-order valence-electron chi connectivity index (χ3n) is 4.20. The minimum Gasteiger partial charge on any atom is -0.381 e. The van der Waals surface area contributed by atoms with E-state index < -0.39 is 0 Å². The molecule has 0 aromatic rings. The van der Waals surface area contributed by atoms with Gasteiger partial charge in [-0.25, -0.2) is 0 Å². The molecule has 19 heavy (non-hydrogen) atoms. The van der Waals surface area contributed by atoms with Crippen molar-refractivity contribution < 1.29 is 14.2 Å². The van der Waals surface area contributed by atoms with Gasteiger partial charge >= 0.3 is 0 Å². The summed E-state index contributed by atoms with van der Waals surface area (Å²) in [6.45, 7) is 3.56. The number of hydrogen-bond donors (Lipinski definition) is 0. The van der Waals surface area contributed by atoms with E-state index >= 15 is 0 Å². The maximum Gasteiger partial charge on any atom is 0.157 e. The first-order chi connectivity index (χ1) is 9.45. The van der Waals surface area contributed by atoms with E-state index in [0.29, 0.717) is 0 Å². The quantitative estimate of drug-likeness (QED) is 0.626. The predicted molar refractivity (Wildman–Crippen MR) is 76.2 cm³/mol. The molecule has 1 saturated carbocycles. The minimum absolute atomic E-state index is 0.0666. The molecule has 0 aromatic carbocycles. The second-order valence-corrected chi connectivity index (χ2v) is 5.95. The molecule has 0 spiro atoms. The van der Waals surface area contributed by atoms with Crippen molar-refractivity contribution in [3.8, 4) is 0 Å². The smallest absolute Gasteiger partial charge is 0.157 e. The first-order valence-corrected chi connectivity index (χ1v) is 8.26. The fraction of sp³-hybridized carbons (Fsp3) is 1.00. The van der Waals surface area contributed by atoms with Gasteiger partial charge in [0.05, 0.1) is 0 Å². The number of ether oxygens (including phenoxy) is 3. The molecule has 0 N–H and O–H groups in total. The highest BCUT2D eigenvalue weighted by Gasteiger charge is 2.14. The van der Waals surface area contributed by atoms with Gasteiger partial charge in [-0.05, 0) is 50.9 Å². The molecule has 0 bridgehead atoms. The van der Waals surface area contributed by atoms with E-state index in [2.05, 4.69) is 0 Å². The van der Waals surface area contributed by atoms with Gasteiger partial charge in [0.15, 0.2) is 6.29 Å². The molecule has 2 fully saturated rings. The molecule has 2 rings (SSSR count). The van der Waals surface area contributed by atoms with E-state index in [4.69, 9.17) is 14.2 Å². The zero-order valence-electron chi connectivity index (χ0n) is 12.3. The molecule has 1 aliphatic carbocycles. The Morgan fingerprint density at radius 2 is 1.63 bits per heavy atom. The van der Waals surface area contributed by atoms with E-state index in [9.17, 15) is 0 Å². The van der Waals surface area contributed by atoms with Gasteiger partial charge in [0.25, 0.3) is 0 Å². The SMILES string of the molecule is C1CCC(COCCCCOC2CCCCO2)CC1. The van der Waals surface area contributed by atoms with Gasteiger partial charge in [0, 0.05) is 26.4 Å². The van der Waals surface area contributed by atoms with Crippen LogP contribution in [0.1, 0.15) is 64.2 Å². The Morgan fingerprint density at radius 1 is 0.842 bits per heavy atom. The van der Waals surface area contributed by atoms with Gasteiger partial charge in [0.1, 0.15) is 0 Å². The lowest BCUT2D eigenvalue weighted by atomic mass is 9.90. The Hall–Kier alpha value is -0.120. The Bertz CT molecular complexity index is 186. The maximum atomic E-state index is 5.78. The van der Waals surface area contributed by atoms with E-state index in [1.807, 2.05) is 0 Å². The van der Waals surface area contributed by atoms with Gasteiger partial charge in [-0.3, -0.25) is 0 Å². The van der Waals surface area contributed by atoms with E-state index in [-0.39, 0.29) is 6.29 Å². The second-order valence-electron chi connectivity index (χ2n) is 5.95. The lowest BCUT2D eigenvalue weighted by Crippen LogP contribution is -2.22. The van der Waals surface area contributed by atoms with Crippen LogP contribution in [0.25, 0.3) is 0 Å². The highest BCUT2D eigenvalue weighted by molar-refractivity contribution is 4.64. The maximum absolute atomic E-state index is 5.78. The van der Waals surface area contributed by atoms with Crippen LogP contribution in [0.15, 0.2) is 0 Å². The van der Waals surface area contributed by atoms with Crippen molar-refractivity contribution in [1.29, 1.82) is 0 Å². The van der Waals surface area contributed by atoms with Crippen molar-refractivity contribution in [2.45, 2.75) is 70.5 Å². The molecule has 1 heterocycles. The van der Waals surface area contributed by atoms with E-state index in [0.717, 1.165) is 51.6 Å². The van der Waals surface area contributed by atoms with Crippen molar-refractivity contribution in [2.24, 2.45) is 5.92 Å². The Labute approximate surface area is 118 Å². The van der Waals surface area contributed by atoms with Gasteiger partial charge in [-0.15, -0.1) is 0 Å². The Balaban J connectivity index is 1.35. The standard InChI is InChI=1S/C16H30O3/c1-2-8-15(9-3-1)14-17-11-6-7-13-19-16-10-4-5-12-18-16/h15-16H,1-14H2. The van der Waals surface area contributed by atoms with Crippen molar-refractivity contribution in [2.75, 3.05) is 26.4 Å². The van der Waals surface area contributed by atoms with Crippen LogP contribution in [0, 0.1) is 5.92 Å². The lowest BCUT2D eigenvalue weighted by Gasteiger charge is -2.23. The van der Waals surface area contributed by atoms with Crippen molar-refractivity contribution in [1.82, 2.24) is 0 Å².